The third-order valence-corrected chi connectivity index (χ3v) is 3.56. The van der Waals surface area contributed by atoms with E-state index in [9.17, 15) is 4.79 Å². The van der Waals surface area contributed by atoms with Crippen molar-refractivity contribution in [2.24, 2.45) is 0 Å². The Morgan fingerprint density at radius 2 is 1.81 bits per heavy atom. The molecule has 3 nitrogen and oxygen atoms in total. The van der Waals surface area contributed by atoms with Gasteiger partial charge in [0.25, 0.3) is 0 Å². The van der Waals surface area contributed by atoms with Gasteiger partial charge in [-0.25, -0.2) is 4.79 Å². The van der Waals surface area contributed by atoms with Gasteiger partial charge < -0.3 is 9.80 Å². The Bertz CT molecular complexity index is 246. The lowest BCUT2D eigenvalue weighted by Gasteiger charge is -2.44. The summed E-state index contributed by atoms with van der Waals surface area (Å²) in [6.07, 6.45) is 3.60. The maximum Gasteiger partial charge on any atom is 0.320 e. The SMILES string of the molecule is CC.CCN1CCC2(CC2)N(C(C)C)C1=O. The van der Waals surface area contributed by atoms with Gasteiger partial charge in [-0.3, -0.25) is 0 Å². The van der Waals surface area contributed by atoms with Crippen molar-refractivity contribution in [3.05, 3.63) is 0 Å². The summed E-state index contributed by atoms with van der Waals surface area (Å²) in [5.41, 5.74) is 0.261. The number of amides is 2. The standard InChI is InChI=1S/C11H20N2O.C2H6/c1-4-12-8-7-11(5-6-11)13(9(2)3)10(12)14;1-2/h9H,4-8H2,1-3H3;1-2H3. The van der Waals surface area contributed by atoms with E-state index >= 15 is 0 Å². The molecule has 2 rings (SSSR count). The van der Waals surface area contributed by atoms with Crippen molar-refractivity contribution in [1.29, 1.82) is 0 Å². The summed E-state index contributed by atoms with van der Waals surface area (Å²) in [6.45, 7) is 12.1. The van der Waals surface area contributed by atoms with Gasteiger partial charge in [0, 0.05) is 24.7 Å². The average molecular weight is 226 g/mol. The van der Waals surface area contributed by atoms with E-state index in [0.29, 0.717) is 6.04 Å². The summed E-state index contributed by atoms with van der Waals surface area (Å²) in [5.74, 6) is 0. The molecule has 0 aromatic carbocycles. The molecule has 0 atom stereocenters. The van der Waals surface area contributed by atoms with E-state index in [4.69, 9.17) is 0 Å². The molecular formula is C13H26N2O. The van der Waals surface area contributed by atoms with Crippen LogP contribution in [0.2, 0.25) is 0 Å². The van der Waals surface area contributed by atoms with Crippen molar-refractivity contribution in [3.8, 4) is 0 Å². The molecule has 2 amide bonds. The first-order chi connectivity index (χ1) is 7.60. The summed E-state index contributed by atoms with van der Waals surface area (Å²) in [7, 11) is 0. The van der Waals surface area contributed by atoms with Crippen LogP contribution in [0.5, 0.6) is 0 Å². The Labute approximate surface area is 99.8 Å². The Hall–Kier alpha value is -0.730. The molecule has 0 bridgehead atoms. The molecular weight excluding hydrogens is 200 g/mol. The molecule has 1 aliphatic carbocycles. The highest BCUT2D eigenvalue weighted by Gasteiger charge is 2.54. The van der Waals surface area contributed by atoms with Gasteiger partial charge in [0.2, 0.25) is 0 Å². The molecule has 0 aromatic heterocycles. The maximum atomic E-state index is 12.1. The summed E-state index contributed by atoms with van der Waals surface area (Å²) < 4.78 is 0. The molecule has 0 radical (unpaired) electrons. The van der Waals surface area contributed by atoms with Gasteiger partial charge in [-0.05, 0) is 40.0 Å². The zero-order valence-electron chi connectivity index (χ0n) is 11.4. The molecule has 1 spiro atoms. The van der Waals surface area contributed by atoms with Crippen molar-refractivity contribution in [3.63, 3.8) is 0 Å². The van der Waals surface area contributed by atoms with Crippen LogP contribution in [-0.2, 0) is 0 Å². The zero-order chi connectivity index (χ0) is 12.3. The molecule has 0 aromatic rings. The van der Waals surface area contributed by atoms with Gasteiger partial charge in [0.1, 0.15) is 0 Å². The van der Waals surface area contributed by atoms with Crippen LogP contribution in [-0.4, -0.2) is 40.5 Å². The second-order valence-electron chi connectivity index (χ2n) is 4.80. The maximum absolute atomic E-state index is 12.1. The van der Waals surface area contributed by atoms with Crippen molar-refractivity contribution < 1.29 is 4.79 Å². The molecule has 94 valence electrons. The quantitative estimate of drug-likeness (QED) is 0.709. The molecule has 0 N–H and O–H groups in total. The monoisotopic (exact) mass is 226 g/mol. The lowest BCUT2D eigenvalue weighted by Crippen LogP contribution is -2.58. The predicted molar refractivity (Wildman–Crippen MR) is 67.5 cm³/mol. The molecule has 16 heavy (non-hydrogen) atoms. The predicted octanol–water partition coefficient (Wildman–Crippen LogP) is 3.10. The van der Waals surface area contributed by atoms with Crippen LogP contribution in [0, 0.1) is 0 Å². The number of hydrogen-bond acceptors (Lipinski definition) is 1. The van der Waals surface area contributed by atoms with E-state index in [1.807, 2.05) is 18.7 Å². The van der Waals surface area contributed by atoms with Gasteiger partial charge >= 0.3 is 6.03 Å². The number of carbonyl (C=O) groups excluding carboxylic acids is 1. The van der Waals surface area contributed by atoms with E-state index in [0.717, 1.165) is 13.1 Å². The van der Waals surface area contributed by atoms with E-state index in [-0.39, 0.29) is 11.6 Å². The largest absolute Gasteiger partial charge is 0.325 e. The van der Waals surface area contributed by atoms with Crippen molar-refractivity contribution in [2.45, 2.75) is 65.5 Å². The lowest BCUT2D eigenvalue weighted by molar-refractivity contribution is 0.0729. The van der Waals surface area contributed by atoms with Gasteiger partial charge in [-0.1, -0.05) is 13.8 Å². The molecule has 1 aliphatic heterocycles. The molecule has 3 heteroatoms. The average Bonchev–Trinajstić information content (AvgIpc) is 3.01. The zero-order valence-corrected chi connectivity index (χ0v) is 11.4. The topological polar surface area (TPSA) is 23.6 Å². The fourth-order valence-corrected chi connectivity index (χ4v) is 2.61. The number of urea groups is 1. The normalized spacial score (nSPS) is 22.2. The first kappa shape index (κ1) is 13.3. The smallest absolute Gasteiger partial charge is 0.320 e. The lowest BCUT2D eigenvalue weighted by atomic mass is 10.1. The highest BCUT2D eigenvalue weighted by atomic mass is 16.2. The fraction of sp³-hybridized carbons (Fsp3) is 0.923. The third-order valence-electron chi connectivity index (χ3n) is 3.56. The highest BCUT2D eigenvalue weighted by Crippen LogP contribution is 2.48. The number of nitrogens with zero attached hydrogens (tertiary/aromatic N) is 2. The van der Waals surface area contributed by atoms with E-state index in [1.54, 1.807) is 0 Å². The Balaban J connectivity index is 0.000000606. The van der Waals surface area contributed by atoms with Crippen LogP contribution in [0.1, 0.15) is 53.9 Å². The molecule has 1 heterocycles. The summed E-state index contributed by atoms with van der Waals surface area (Å²) in [5, 5.41) is 0. The highest BCUT2D eigenvalue weighted by molar-refractivity contribution is 5.77. The van der Waals surface area contributed by atoms with Gasteiger partial charge in [-0.2, -0.15) is 0 Å². The van der Waals surface area contributed by atoms with Crippen molar-refractivity contribution >= 4 is 6.03 Å². The van der Waals surface area contributed by atoms with Crippen LogP contribution in [0.25, 0.3) is 0 Å². The third kappa shape index (κ3) is 2.18. The molecule has 2 aliphatic rings. The number of carbonyl (C=O) groups is 1. The molecule has 1 saturated carbocycles. The minimum Gasteiger partial charge on any atom is -0.325 e. The first-order valence-electron chi connectivity index (χ1n) is 6.69. The summed E-state index contributed by atoms with van der Waals surface area (Å²) in [6, 6.07) is 0.602. The minimum absolute atomic E-state index is 0.256. The van der Waals surface area contributed by atoms with Crippen LogP contribution in [0.15, 0.2) is 0 Å². The summed E-state index contributed by atoms with van der Waals surface area (Å²) in [4.78, 5) is 16.2. The first-order valence-corrected chi connectivity index (χ1v) is 6.69. The second kappa shape index (κ2) is 5.07. The van der Waals surface area contributed by atoms with Gasteiger partial charge in [0.05, 0.1) is 0 Å². The van der Waals surface area contributed by atoms with E-state index in [1.165, 1.54) is 19.3 Å². The van der Waals surface area contributed by atoms with Crippen LogP contribution in [0.4, 0.5) is 4.79 Å². The number of rotatable bonds is 2. The van der Waals surface area contributed by atoms with E-state index in [2.05, 4.69) is 25.7 Å². The van der Waals surface area contributed by atoms with Crippen LogP contribution < -0.4 is 0 Å². The van der Waals surface area contributed by atoms with Crippen molar-refractivity contribution in [2.75, 3.05) is 13.1 Å². The van der Waals surface area contributed by atoms with Crippen LogP contribution >= 0.6 is 0 Å². The molecule has 2 fully saturated rings. The van der Waals surface area contributed by atoms with Crippen molar-refractivity contribution in [1.82, 2.24) is 9.80 Å². The molecule has 0 unspecified atom stereocenters. The van der Waals surface area contributed by atoms with Gasteiger partial charge in [0.15, 0.2) is 0 Å². The Kier molecular flexibility index (Phi) is 4.22. The second-order valence-corrected chi connectivity index (χ2v) is 4.80. The molecule has 1 saturated heterocycles. The van der Waals surface area contributed by atoms with E-state index < -0.39 is 0 Å². The Morgan fingerprint density at radius 1 is 1.25 bits per heavy atom. The Morgan fingerprint density at radius 3 is 2.19 bits per heavy atom. The van der Waals surface area contributed by atoms with Crippen LogP contribution in [0.3, 0.4) is 0 Å². The van der Waals surface area contributed by atoms with Gasteiger partial charge in [-0.15, -0.1) is 0 Å². The minimum atomic E-state index is 0.256. The number of hydrogen-bond donors (Lipinski definition) is 0. The summed E-state index contributed by atoms with van der Waals surface area (Å²) >= 11 is 0. The fourth-order valence-electron chi connectivity index (χ4n) is 2.61.